The van der Waals surface area contributed by atoms with Crippen LogP contribution >= 0.6 is 0 Å². The van der Waals surface area contributed by atoms with E-state index in [2.05, 4.69) is 29.8 Å². The lowest BCUT2D eigenvalue weighted by molar-refractivity contribution is -0.121. The van der Waals surface area contributed by atoms with Gasteiger partial charge in [-0.1, -0.05) is 6.92 Å². The van der Waals surface area contributed by atoms with Crippen LogP contribution in [0.2, 0.25) is 0 Å². The van der Waals surface area contributed by atoms with E-state index >= 15 is 0 Å². The number of carbonyl (C=O) groups excluding carboxylic acids is 1. The molecule has 1 aromatic heterocycles. The maximum Gasteiger partial charge on any atom is 0.239 e. The number of hydrogen-bond acceptors (Lipinski definition) is 2. The minimum Gasteiger partial charge on any atom is -0.354 e. The molecule has 1 heterocycles. The van der Waals surface area contributed by atoms with Gasteiger partial charge in [-0.3, -0.25) is 4.79 Å². The summed E-state index contributed by atoms with van der Waals surface area (Å²) in [6, 6.07) is 2.62. The Bertz CT molecular complexity index is 460. The van der Waals surface area contributed by atoms with E-state index in [1.807, 2.05) is 10.8 Å². The molecule has 1 unspecified atom stereocenters. The molecule has 0 bridgehead atoms. The Morgan fingerprint density at radius 2 is 2.20 bits per heavy atom. The lowest BCUT2D eigenvalue weighted by atomic mass is 10.1. The summed E-state index contributed by atoms with van der Waals surface area (Å²) < 4.78 is 2.00. The number of carbonyl (C=O) groups is 1. The SMILES string of the molecule is CCNC(c1ccn(CC(=O)NCC2CC2)c1)C1CC1. The fourth-order valence-electron chi connectivity index (χ4n) is 2.75. The maximum absolute atomic E-state index is 11.8. The van der Waals surface area contributed by atoms with Crippen molar-refractivity contribution in [3.8, 4) is 0 Å². The number of nitrogens with zero attached hydrogens (tertiary/aromatic N) is 1. The Morgan fingerprint density at radius 3 is 2.85 bits per heavy atom. The van der Waals surface area contributed by atoms with Crippen LogP contribution in [0, 0.1) is 11.8 Å². The van der Waals surface area contributed by atoms with Crippen LogP contribution in [0.15, 0.2) is 18.5 Å². The van der Waals surface area contributed by atoms with E-state index in [1.54, 1.807) is 0 Å². The van der Waals surface area contributed by atoms with Crippen molar-refractivity contribution in [1.82, 2.24) is 15.2 Å². The lowest BCUT2D eigenvalue weighted by Crippen LogP contribution is -2.29. The molecule has 0 radical (unpaired) electrons. The maximum atomic E-state index is 11.8. The smallest absolute Gasteiger partial charge is 0.239 e. The number of nitrogens with one attached hydrogen (secondary N) is 2. The van der Waals surface area contributed by atoms with E-state index in [-0.39, 0.29) is 5.91 Å². The van der Waals surface area contributed by atoms with E-state index in [1.165, 1.54) is 31.2 Å². The van der Waals surface area contributed by atoms with Crippen LogP contribution in [0.25, 0.3) is 0 Å². The Hall–Kier alpha value is -1.29. The molecule has 1 amide bonds. The molecule has 2 saturated carbocycles. The summed E-state index contributed by atoms with van der Waals surface area (Å²) in [6.07, 6.45) is 9.36. The minimum absolute atomic E-state index is 0.130. The molecule has 0 saturated heterocycles. The molecule has 1 aromatic rings. The van der Waals surface area contributed by atoms with E-state index in [0.29, 0.717) is 12.6 Å². The fourth-order valence-corrected chi connectivity index (χ4v) is 2.75. The number of hydrogen-bond donors (Lipinski definition) is 2. The van der Waals surface area contributed by atoms with E-state index in [9.17, 15) is 4.79 Å². The van der Waals surface area contributed by atoms with Gasteiger partial charge in [0.05, 0.1) is 0 Å². The second-order valence-electron chi connectivity index (χ2n) is 6.24. The van der Waals surface area contributed by atoms with Crippen molar-refractivity contribution >= 4 is 5.91 Å². The molecular formula is C16H25N3O. The van der Waals surface area contributed by atoms with E-state index in [0.717, 1.165) is 24.9 Å². The van der Waals surface area contributed by atoms with Crippen LogP contribution in [0.3, 0.4) is 0 Å². The van der Waals surface area contributed by atoms with Crippen LogP contribution in [0.5, 0.6) is 0 Å². The van der Waals surface area contributed by atoms with Gasteiger partial charge in [-0.05, 0) is 55.7 Å². The van der Waals surface area contributed by atoms with Crippen LogP contribution in [0.4, 0.5) is 0 Å². The minimum atomic E-state index is 0.130. The molecule has 1 atom stereocenters. The first kappa shape index (κ1) is 13.7. The van der Waals surface area contributed by atoms with Crippen molar-refractivity contribution in [3.63, 3.8) is 0 Å². The predicted octanol–water partition coefficient (Wildman–Crippen LogP) is 2.07. The van der Waals surface area contributed by atoms with Gasteiger partial charge in [0.2, 0.25) is 5.91 Å². The van der Waals surface area contributed by atoms with Crippen LogP contribution in [-0.2, 0) is 11.3 Å². The highest BCUT2D eigenvalue weighted by molar-refractivity contribution is 5.75. The van der Waals surface area contributed by atoms with Gasteiger partial charge in [-0.15, -0.1) is 0 Å². The van der Waals surface area contributed by atoms with Crippen molar-refractivity contribution in [3.05, 3.63) is 24.0 Å². The molecule has 2 aliphatic carbocycles. The zero-order chi connectivity index (χ0) is 13.9. The van der Waals surface area contributed by atoms with Gasteiger partial charge in [0.15, 0.2) is 0 Å². The molecule has 0 aromatic carbocycles. The molecule has 2 fully saturated rings. The summed E-state index contributed by atoms with van der Waals surface area (Å²) in [7, 11) is 0. The van der Waals surface area contributed by atoms with Gasteiger partial charge >= 0.3 is 0 Å². The summed E-state index contributed by atoms with van der Waals surface area (Å²) in [6.45, 7) is 4.44. The monoisotopic (exact) mass is 275 g/mol. The first-order valence-electron chi connectivity index (χ1n) is 7.92. The molecule has 2 N–H and O–H groups in total. The molecule has 20 heavy (non-hydrogen) atoms. The molecule has 2 aliphatic rings. The number of rotatable bonds is 8. The zero-order valence-corrected chi connectivity index (χ0v) is 12.3. The first-order chi connectivity index (χ1) is 9.76. The molecule has 4 nitrogen and oxygen atoms in total. The molecular weight excluding hydrogens is 250 g/mol. The first-order valence-corrected chi connectivity index (χ1v) is 7.92. The van der Waals surface area contributed by atoms with Crippen molar-refractivity contribution in [2.24, 2.45) is 11.8 Å². The van der Waals surface area contributed by atoms with E-state index in [4.69, 9.17) is 0 Å². The average molecular weight is 275 g/mol. The summed E-state index contributed by atoms with van der Waals surface area (Å²) in [5, 5.41) is 6.58. The number of aromatic nitrogens is 1. The molecule has 4 heteroatoms. The van der Waals surface area contributed by atoms with Crippen molar-refractivity contribution in [2.75, 3.05) is 13.1 Å². The van der Waals surface area contributed by atoms with Gasteiger partial charge in [0.25, 0.3) is 0 Å². The predicted molar refractivity (Wildman–Crippen MR) is 79.3 cm³/mol. The molecule has 3 rings (SSSR count). The standard InChI is InChI=1S/C16H25N3O/c1-2-17-16(13-5-6-13)14-7-8-19(10-14)11-15(20)18-9-12-3-4-12/h7-8,10,12-13,16-17H,2-6,9,11H2,1H3,(H,18,20). The highest BCUT2D eigenvalue weighted by Crippen LogP contribution is 2.40. The quantitative estimate of drug-likeness (QED) is 0.763. The third-order valence-corrected chi connectivity index (χ3v) is 4.26. The second-order valence-corrected chi connectivity index (χ2v) is 6.24. The fraction of sp³-hybridized carbons (Fsp3) is 0.688. The Labute approximate surface area is 120 Å². The van der Waals surface area contributed by atoms with Crippen molar-refractivity contribution in [1.29, 1.82) is 0 Å². The van der Waals surface area contributed by atoms with Gasteiger partial charge in [0.1, 0.15) is 6.54 Å². The second kappa shape index (κ2) is 6.00. The normalized spacial score (nSPS) is 19.9. The van der Waals surface area contributed by atoms with Crippen molar-refractivity contribution in [2.45, 2.75) is 45.2 Å². The third-order valence-electron chi connectivity index (χ3n) is 4.26. The average Bonchev–Trinajstić information content (AvgIpc) is 3.33. The molecule has 110 valence electrons. The topological polar surface area (TPSA) is 46.1 Å². The van der Waals surface area contributed by atoms with Crippen LogP contribution < -0.4 is 10.6 Å². The Morgan fingerprint density at radius 1 is 1.40 bits per heavy atom. The van der Waals surface area contributed by atoms with Gasteiger partial charge in [0, 0.05) is 25.0 Å². The van der Waals surface area contributed by atoms with Gasteiger partial charge < -0.3 is 15.2 Å². The third kappa shape index (κ3) is 3.63. The van der Waals surface area contributed by atoms with E-state index < -0.39 is 0 Å². The summed E-state index contributed by atoms with van der Waals surface area (Å²) >= 11 is 0. The Balaban J connectivity index is 1.53. The zero-order valence-electron chi connectivity index (χ0n) is 12.3. The summed E-state index contributed by atoms with van der Waals surface area (Å²) in [5.74, 6) is 1.66. The molecule has 0 spiro atoms. The van der Waals surface area contributed by atoms with Crippen LogP contribution in [0.1, 0.15) is 44.2 Å². The summed E-state index contributed by atoms with van der Waals surface area (Å²) in [5.41, 5.74) is 1.32. The van der Waals surface area contributed by atoms with Crippen molar-refractivity contribution < 1.29 is 4.79 Å². The largest absolute Gasteiger partial charge is 0.354 e. The highest BCUT2D eigenvalue weighted by atomic mass is 16.1. The lowest BCUT2D eigenvalue weighted by Gasteiger charge is -2.15. The van der Waals surface area contributed by atoms with Gasteiger partial charge in [-0.2, -0.15) is 0 Å². The van der Waals surface area contributed by atoms with Gasteiger partial charge in [-0.25, -0.2) is 0 Å². The highest BCUT2D eigenvalue weighted by Gasteiger charge is 2.32. The van der Waals surface area contributed by atoms with Crippen LogP contribution in [-0.4, -0.2) is 23.6 Å². The number of amides is 1. The summed E-state index contributed by atoms with van der Waals surface area (Å²) in [4.78, 5) is 11.8. The Kier molecular flexibility index (Phi) is 4.10. The molecule has 0 aliphatic heterocycles.